The molecule has 0 aromatic carbocycles. The second kappa shape index (κ2) is 8.46. The number of hydrogen-bond donors (Lipinski definition) is 2. The Hall–Kier alpha value is 1.37. The molecule has 0 heterocycles. The first-order valence-electron chi connectivity index (χ1n) is 6.79. The van der Waals surface area contributed by atoms with Gasteiger partial charge in [-0.25, -0.2) is 0 Å². The Kier molecular flexibility index (Phi) is 9.01. The van der Waals surface area contributed by atoms with Crippen LogP contribution in [0.15, 0.2) is 0 Å². The normalized spacial score (nSPS) is 19.1. The van der Waals surface area contributed by atoms with Crippen LogP contribution in [-0.2, 0) is 21.2 Å². The first-order chi connectivity index (χ1) is 9.36. The fourth-order valence-electron chi connectivity index (χ4n) is 1.61. The van der Waals surface area contributed by atoms with Crippen LogP contribution in [0.4, 0.5) is 0 Å². The van der Waals surface area contributed by atoms with Crippen LogP contribution in [0.2, 0.25) is 39.3 Å². The Bertz CT molecular complexity index is 307. The van der Waals surface area contributed by atoms with Crippen molar-refractivity contribution in [3.8, 4) is 0 Å². The summed E-state index contributed by atoms with van der Waals surface area (Å²) in [5.41, 5.74) is 0. The van der Waals surface area contributed by atoms with Crippen molar-refractivity contribution >= 4 is 59.5 Å². The SMILES string of the molecule is CO[Si](C)(O[Si](C)(C)CS)O[Si](C)(OC)O[Si](C)(C)CS. The molecule has 0 amide bonds. The minimum Gasteiger partial charge on any atom is -0.415 e. The zero-order valence-corrected chi connectivity index (χ0v) is 20.1. The molecule has 0 aromatic heterocycles. The van der Waals surface area contributed by atoms with Gasteiger partial charge >= 0.3 is 17.6 Å². The average molecular weight is 407 g/mol. The Morgan fingerprint density at radius 3 is 1.10 bits per heavy atom. The van der Waals surface area contributed by atoms with Crippen molar-refractivity contribution < 1.29 is 21.2 Å². The molecular formula is C10H30O5S2Si4. The van der Waals surface area contributed by atoms with Gasteiger partial charge in [-0.2, -0.15) is 25.3 Å². The van der Waals surface area contributed by atoms with Crippen molar-refractivity contribution in [1.29, 1.82) is 0 Å². The largest absolute Gasteiger partial charge is 0.479 e. The number of thiol groups is 2. The fraction of sp³-hybridized carbons (Fsp3) is 1.00. The van der Waals surface area contributed by atoms with Gasteiger partial charge in [-0.3, -0.25) is 0 Å². The first-order valence-corrected chi connectivity index (χ1v) is 18.7. The summed E-state index contributed by atoms with van der Waals surface area (Å²) in [6.45, 7) is 12.1. The summed E-state index contributed by atoms with van der Waals surface area (Å²) in [6, 6.07) is 0. The van der Waals surface area contributed by atoms with Crippen LogP contribution in [0.25, 0.3) is 0 Å². The van der Waals surface area contributed by atoms with Crippen LogP contribution in [0.5, 0.6) is 0 Å². The van der Waals surface area contributed by atoms with Crippen molar-refractivity contribution in [3.05, 3.63) is 0 Å². The van der Waals surface area contributed by atoms with Gasteiger partial charge in [0.15, 0.2) is 16.6 Å². The second-order valence-electron chi connectivity index (χ2n) is 6.27. The van der Waals surface area contributed by atoms with E-state index in [9.17, 15) is 0 Å². The first kappa shape index (κ1) is 22.4. The van der Waals surface area contributed by atoms with E-state index in [1.165, 1.54) is 0 Å². The summed E-state index contributed by atoms with van der Waals surface area (Å²) in [6.07, 6.45) is 0. The molecule has 0 radical (unpaired) electrons. The molecule has 2 atom stereocenters. The molecule has 0 saturated carbocycles. The van der Waals surface area contributed by atoms with Crippen LogP contribution in [0.3, 0.4) is 0 Å². The molecule has 128 valence electrons. The van der Waals surface area contributed by atoms with Gasteiger partial charge in [0.25, 0.3) is 0 Å². The smallest absolute Gasteiger partial charge is 0.415 e. The van der Waals surface area contributed by atoms with Gasteiger partial charge < -0.3 is 21.2 Å². The molecule has 0 aliphatic rings. The van der Waals surface area contributed by atoms with Gasteiger partial charge in [0.05, 0.1) is 0 Å². The van der Waals surface area contributed by atoms with Crippen molar-refractivity contribution in [2.75, 3.05) is 25.0 Å². The Morgan fingerprint density at radius 2 is 0.905 bits per heavy atom. The van der Waals surface area contributed by atoms with E-state index in [1.54, 1.807) is 14.2 Å². The predicted molar refractivity (Wildman–Crippen MR) is 103 cm³/mol. The molecule has 5 nitrogen and oxygen atoms in total. The maximum Gasteiger partial charge on any atom is 0.479 e. The Labute approximate surface area is 144 Å². The van der Waals surface area contributed by atoms with E-state index < -0.39 is 34.2 Å². The highest BCUT2D eigenvalue weighted by molar-refractivity contribution is 7.82. The van der Waals surface area contributed by atoms with Gasteiger partial charge in [-0.05, 0) is 26.2 Å². The summed E-state index contributed by atoms with van der Waals surface area (Å²) in [4.78, 5) is 0. The molecule has 0 bridgehead atoms. The molecule has 2 unspecified atom stereocenters. The van der Waals surface area contributed by atoms with Gasteiger partial charge in [-0.1, -0.05) is 0 Å². The molecule has 0 N–H and O–H groups in total. The lowest BCUT2D eigenvalue weighted by atomic mass is 11.8. The highest BCUT2D eigenvalue weighted by Crippen LogP contribution is 2.25. The quantitative estimate of drug-likeness (QED) is 0.431. The summed E-state index contributed by atoms with van der Waals surface area (Å²) in [5.74, 6) is 0. The van der Waals surface area contributed by atoms with Gasteiger partial charge in [0.2, 0.25) is 0 Å². The zero-order valence-electron chi connectivity index (χ0n) is 14.3. The van der Waals surface area contributed by atoms with Gasteiger partial charge in [0, 0.05) is 38.1 Å². The maximum absolute atomic E-state index is 6.20. The molecule has 0 rings (SSSR count). The van der Waals surface area contributed by atoms with Crippen molar-refractivity contribution in [2.24, 2.45) is 0 Å². The highest BCUT2D eigenvalue weighted by Gasteiger charge is 2.51. The third kappa shape index (κ3) is 8.15. The molecule has 0 aliphatic carbocycles. The van der Waals surface area contributed by atoms with Gasteiger partial charge in [0.1, 0.15) is 0 Å². The summed E-state index contributed by atoms with van der Waals surface area (Å²) >= 11 is 8.73. The zero-order chi connectivity index (χ0) is 16.9. The van der Waals surface area contributed by atoms with Crippen LogP contribution in [-0.4, -0.2) is 59.2 Å². The van der Waals surface area contributed by atoms with Crippen LogP contribution in [0.1, 0.15) is 0 Å². The van der Waals surface area contributed by atoms with E-state index in [4.69, 9.17) is 21.2 Å². The topological polar surface area (TPSA) is 46.2 Å². The lowest BCUT2D eigenvalue weighted by Gasteiger charge is -2.40. The molecule has 0 saturated heterocycles. The highest BCUT2D eigenvalue weighted by atomic mass is 32.1. The second-order valence-corrected chi connectivity index (χ2v) is 22.6. The Balaban J connectivity index is 5.13. The number of rotatable bonds is 10. The van der Waals surface area contributed by atoms with Crippen LogP contribution >= 0.6 is 25.3 Å². The summed E-state index contributed by atoms with van der Waals surface area (Å²) in [7, 11) is -6.29. The van der Waals surface area contributed by atoms with Crippen LogP contribution < -0.4 is 0 Å². The Morgan fingerprint density at radius 1 is 0.619 bits per heavy atom. The summed E-state index contributed by atoms with van der Waals surface area (Å²) < 4.78 is 29.8. The molecule has 0 aromatic rings. The third-order valence-corrected chi connectivity index (χ3v) is 20.7. The lowest BCUT2D eigenvalue weighted by Crippen LogP contribution is -2.61. The molecule has 0 spiro atoms. The molecular weight excluding hydrogens is 377 g/mol. The average Bonchev–Trinajstić information content (AvgIpc) is 2.37. The van der Waals surface area contributed by atoms with E-state index >= 15 is 0 Å². The number of hydrogen-bond acceptors (Lipinski definition) is 7. The standard InChI is InChI=1S/C10H30O5S2Si4/c1-11-20(7,13-18(3,4)9-16)15-21(8,12-2)14-19(5,6)10-17/h16-17H,9-10H2,1-8H3. The van der Waals surface area contributed by atoms with E-state index in [2.05, 4.69) is 51.4 Å². The minimum atomic E-state index is -2.83. The van der Waals surface area contributed by atoms with Gasteiger partial charge in [-0.15, -0.1) is 0 Å². The van der Waals surface area contributed by atoms with Crippen molar-refractivity contribution in [1.82, 2.24) is 0 Å². The molecule has 0 fully saturated rings. The molecule has 21 heavy (non-hydrogen) atoms. The molecule has 0 aliphatic heterocycles. The fourth-order valence-corrected chi connectivity index (χ4v) is 16.4. The summed E-state index contributed by atoms with van der Waals surface area (Å²) in [5, 5.41) is 1.40. The van der Waals surface area contributed by atoms with E-state index in [0.717, 1.165) is 0 Å². The van der Waals surface area contributed by atoms with E-state index in [-0.39, 0.29) is 0 Å². The third-order valence-electron chi connectivity index (χ3n) is 2.80. The minimum absolute atomic E-state index is 0.700. The van der Waals surface area contributed by atoms with Crippen molar-refractivity contribution in [3.63, 3.8) is 0 Å². The maximum atomic E-state index is 6.20. The van der Waals surface area contributed by atoms with E-state index in [1.807, 2.05) is 13.1 Å². The lowest BCUT2D eigenvalue weighted by molar-refractivity contribution is 0.136. The molecule has 11 heteroatoms. The predicted octanol–water partition coefficient (Wildman–Crippen LogP) is 2.81. The van der Waals surface area contributed by atoms with Crippen LogP contribution in [0, 0.1) is 0 Å². The van der Waals surface area contributed by atoms with Crippen molar-refractivity contribution in [2.45, 2.75) is 39.3 Å². The van der Waals surface area contributed by atoms with E-state index in [0.29, 0.717) is 10.8 Å². The monoisotopic (exact) mass is 406 g/mol.